The molecule has 39 heavy (non-hydrogen) atoms. The first-order valence-electron chi connectivity index (χ1n) is 11.3. The third-order valence-corrected chi connectivity index (χ3v) is 5.11. The van der Waals surface area contributed by atoms with E-state index in [0.29, 0.717) is 35.0 Å². The zero-order valence-corrected chi connectivity index (χ0v) is 21.5. The van der Waals surface area contributed by atoms with E-state index in [0.717, 1.165) is 6.07 Å². The third-order valence-electron chi connectivity index (χ3n) is 4.82. The molecule has 3 aromatic carbocycles. The van der Waals surface area contributed by atoms with Crippen LogP contribution in [0.4, 0.5) is 15.8 Å². The lowest BCUT2D eigenvalue weighted by atomic mass is 10.2. The van der Waals surface area contributed by atoms with Gasteiger partial charge in [-0.1, -0.05) is 24.3 Å². The van der Waals surface area contributed by atoms with E-state index in [1.165, 1.54) is 25.5 Å². The van der Waals surface area contributed by atoms with Gasteiger partial charge in [0.05, 0.1) is 18.3 Å². The van der Waals surface area contributed by atoms with Gasteiger partial charge < -0.3 is 24.8 Å². The van der Waals surface area contributed by atoms with Crippen molar-refractivity contribution in [1.29, 1.82) is 0 Å². The minimum absolute atomic E-state index is 0.121. The van der Waals surface area contributed by atoms with Gasteiger partial charge in [0.15, 0.2) is 18.1 Å². The van der Waals surface area contributed by atoms with Gasteiger partial charge in [0.2, 0.25) is 0 Å². The Balaban J connectivity index is 1.50. The predicted octanol–water partition coefficient (Wildman–Crippen LogP) is 4.16. The van der Waals surface area contributed by atoms with E-state index in [-0.39, 0.29) is 17.4 Å². The van der Waals surface area contributed by atoms with Crippen LogP contribution < -0.4 is 30.3 Å². The van der Waals surface area contributed by atoms with Gasteiger partial charge in [-0.3, -0.25) is 14.4 Å². The zero-order valence-electron chi connectivity index (χ0n) is 20.7. The lowest BCUT2D eigenvalue weighted by Gasteiger charge is -2.11. The molecular weight excluding hydrogens is 531 g/mol. The van der Waals surface area contributed by atoms with Gasteiger partial charge in [0.25, 0.3) is 5.91 Å². The number of benzene rings is 3. The summed E-state index contributed by atoms with van der Waals surface area (Å²) in [6.07, 6.45) is 2.91. The molecule has 3 aromatic rings. The molecule has 0 heterocycles. The number of ether oxygens (including phenoxy) is 3. The first-order valence-corrected chi connectivity index (χ1v) is 11.7. The number of carbonyl (C=O) groups is 3. The number of carbonyl (C=O) groups excluding carboxylic acids is 3. The average Bonchev–Trinajstić information content (AvgIpc) is 2.93. The van der Waals surface area contributed by atoms with Crippen LogP contribution in [0.3, 0.4) is 0 Å². The molecule has 202 valence electrons. The van der Waals surface area contributed by atoms with E-state index in [2.05, 4.69) is 27.7 Å². The number of hydrogen-bond donors (Lipinski definition) is 3. The molecule has 0 aliphatic carbocycles. The van der Waals surface area contributed by atoms with E-state index in [1.54, 1.807) is 48.5 Å². The molecule has 0 spiro atoms. The van der Waals surface area contributed by atoms with Gasteiger partial charge in [-0.2, -0.15) is 5.10 Å². The lowest BCUT2D eigenvalue weighted by molar-refractivity contribution is -0.136. The Hall–Kier alpha value is -4.90. The normalized spacial score (nSPS) is 10.4. The van der Waals surface area contributed by atoms with Crippen LogP contribution in [0.2, 0.25) is 5.02 Å². The minimum atomic E-state index is -0.974. The van der Waals surface area contributed by atoms with E-state index in [9.17, 15) is 18.8 Å². The molecule has 3 rings (SSSR count). The number of amides is 3. The van der Waals surface area contributed by atoms with Crippen LogP contribution in [0.25, 0.3) is 0 Å². The molecule has 0 saturated heterocycles. The maximum Gasteiger partial charge on any atom is 0.329 e. The molecule has 3 N–H and O–H groups in total. The fourth-order valence-electron chi connectivity index (χ4n) is 2.99. The first-order chi connectivity index (χ1) is 18.8. The number of hydrogen-bond acceptors (Lipinski definition) is 7. The summed E-state index contributed by atoms with van der Waals surface area (Å²) >= 11 is 5.71. The molecule has 3 amide bonds. The van der Waals surface area contributed by atoms with Crippen LogP contribution in [-0.4, -0.2) is 44.3 Å². The monoisotopic (exact) mass is 554 g/mol. The quantitative estimate of drug-likeness (QED) is 0.141. The molecule has 0 saturated carbocycles. The molecule has 12 heteroatoms. The second-order valence-corrected chi connectivity index (χ2v) is 8.06. The van der Waals surface area contributed by atoms with Crippen LogP contribution in [0, 0.1) is 5.82 Å². The Morgan fingerprint density at radius 2 is 1.69 bits per heavy atom. The van der Waals surface area contributed by atoms with Crippen LogP contribution in [0.5, 0.6) is 17.2 Å². The number of halogens is 2. The van der Waals surface area contributed by atoms with Gasteiger partial charge in [-0.25, -0.2) is 9.82 Å². The number of rotatable bonds is 11. The topological polar surface area (TPSA) is 127 Å². The maximum absolute atomic E-state index is 13.3. The Bertz CT molecular complexity index is 1380. The van der Waals surface area contributed by atoms with Gasteiger partial charge in [-0.15, -0.1) is 0 Å². The highest BCUT2D eigenvalue weighted by Gasteiger charge is 2.13. The number of hydrazone groups is 1. The summed E-state index contributed by atoms with van der Waals surface area (Å²) < 4.78 is 29.4. The number of nitrogens with zero attached hydrogens (tertiary/aromatic N) is 1. The minimum Gasteiger partial charge on any atom is -0.493 e. The van der Waals surface area contributed by atoms with Crippen LogP contribution >= 0.6 is 11.6 Å². The van der Waals surface area contributed by atoms with Crippen LogP contribution in [-0.2, 0) is 14.4 Å². The molecule has 0 aliphatic heterocycles. The van der Waals surface area contributed by atoms with Crippen molar-refractivity contribution < 1.29 is 33.0 Å². The Morgan fingerprint density at radius 1 is 0.949 bits per heavy atom. The molecule has 0 aromatic heterocycles. The maximum atomic E-state index is 13.3. The second-order valence-electron chi connectivity index (χ2n) is 7.65. The molecule has 0 unspecified atom stereocenters. The van der Waals surface area contributed by atoms with Crippen molar-refractivity contribution in [3.05, 3.63) is 89.7 Å². The Kier molecular flexibility index (Phi) is 10.4. The number of methoxy groups -OCH3 is 1. The standard InChI is InChI=1S/C27H24ClFN4O6/c1-3-12-38-20-8-5-18(6-9-20)32-26(35)27(36)33-30-15-17-4-11-23(24(13-17)37-2)39-16-25(34)31-19-7-10-22(29)21(28)14-19/h3-11,13-15H,1,12,16H2,2H3,(H,31,34)(H,32,35)(H,33,36)/b30-15-. The SMILES string of the molecule is C=CCOc1ccc(NC(=O)C(=O)N/N=C\c2ccc(OCC(=O)Nc3ccc(F)c(Cl)c3)c(OC)c2)cc1. The third kappa shape index (κ3) is 8.86. The highest BCUT2D eigenvalue weighted by Crippen LogP contribution is 2.27. The summed E-state index contributed by atoms with van der Waals surface area (Å²) in [5, 5.41) is 8.65. The zero-order chi connectivity index (χ0) is 28.2. The summed E-state index contributed by atoms with van der Waals surface area (Å²) in [7, 11) is 1.41. The largest absolute Gasteiger partial charge is 0.493 e. The molecular formula is C27H24ClFN4O6. The van der Waals surface area contributed by atoms with Gasteiger partial charge in [0, 0.05) is 11.4 Å². The smallest absolute Gasteiger partial charge is 0.329 e. The Labute approximate surface area is 228 Å². The van der Waals surface area contributed by atoms with E-state index in [1.807, 2.05) is 0 Å². The Morgan fingerprint density at radius 3 is 2.38 bits per heavy atom. The van der Waals surface area contributed by atoms with Gasteiger partial charge >= 0.3 is 11.8 Å². The summed E-state index contributed by atoms with van der Waals surface area (Å²) in [6, 6.07) is 14.9. The van der Waals surface area contributed by atoms with Crippen molar-refractivity contribution in [3.63, 3.8) is 0 Å². The van der Waals surface area contributed by atoms with E-state index >= 15 is 0 Å². The average molecular weight is 555 g/mol. The van der Waals surface area contributed by atoms with Crippen molar-refractivity contribution in [2.45, 2.75) is 0 Å². The molecule has 0 aliphatic rings. The van der Waals surface area contributed by atoms with Crippen molar-refractivity contribution in [2.75, 3.05) is 31.0 Å². The second kappa shape index (κ2) is 14.1. The van der Waals surface area contributed by atoms with Crippen molar-refractivity contribution in [1.82, 2.24) is 5.43 Å². The fraction of sp³-hybridized carbons (Fsp3) is 0.111. The molecule has 10 nitrogen and oxygen atoms in total. The van der Waals surface area contributed by atoms with Crippen LogP contribution in [0.15, 0.2) is 78.4 Å². The number of anilines is 2. The summed E-state index contributed by atoms with van der Waals surface area (Å²) in [6.45, 7) is 3.56. The molecule has 0 atom stereocenters. The first kappa shape index (κ1) is 28.7. The van der Waals surface area contributed by atoms with Crippen LogP contribution in [0.1, 0.15) is 5.56 Å². The van der Waals surface area contributed by atoms with Gasteiger partial charge in [-0.05, 0) is 66.2 Å². The lowest BCUT2D eigenvalue weighted by Crippen LogP contribution is -2.32. The van der Waals surface area contributed by atoms with Crippen molar-refractivity contribution in [2.24, 2.45) is 5.10 Å². The molecule has 0 fully saturated rings. The summed E-state index contributed by atoms with van der Waals surface area (Å²) in [5.41, 5.74) is 3.37. The summed E-state index contributed by atoms with van der Waals surface area (Å²) in [4.78, 5) is 36.3. The van der Waals surface area contributed by atoms with Crippen molar-refractivity contribution >= 4 is 46.9 Å². The summed E-state index contributed by atoms with van der Waals surface area (Å²) in [5.74, 6) is -1.82. The molecule has 0 radical (unpaired) electrons. The highest BCUT2D eigenvalue weighted by atomic mass is 35.5. The number of nitrogens with one attached hydrogen (secondary N) is 3. The predicted molar refractivity (Wildman–Crippen MR) is 145 cm³/mol. The fourth-order valence-corrected chi connectivity index (χ4v) is 3.17. The van der Waals surface area contributed by atoms with Gasteiger partial charge in [0.1, 0.15) is 18.2 Å². The highest BCUT2D eigenvalue weighted by molar-refractivity contribution is 6.39. The van der Waals surface area contributed by atoms with Crippen molar-refractivity contribution in [3.8, 4) is 17.2 Å². The molecule has 0 bridgehead atoms. The van der Waals surface area contributed by atoms with E-state index < -0.39 is 23.5 Å². The van der Waals surface area contributed by atoms with E-state index in [4.69, 9.17) is 25.8 Å².